The molecule has 1 atom stereocenters. The van der Waals surface area contributed by atoms with E-state index in [-0.39, 0.29) is 35.0 Å². The second-order valence-corrected chi connectivity index (χ2v) is 6.12. The van der Waals surface area contributed by atoms with Crippen molar-refractivity contribution in [2.24, 2.45) is 5.73 Å². The summed E-state index contributed by atoms with van der Waals surface area (Å²) in [4.78, 5) is 12.8. The quantitative estimate of drug-likeness (QED) is 0.813. The molecule has 1 aliphatic rings. The minimum absolute atomic E-state index is 0.0177. The summed E-state index contributed by atoms with van der Waals surface area (Å²) in [6.45, 7) is 1.45. The van der Waals surface area contributed by atoms with Crippen molar-refractivity contribution in [1.29, 1.82) is 5.26 Å². The van der Waals surface area contributed by atoms with Gasteiger partial charge in [-0.25, -0.2) is 13.6 Å². The van der Waals surface area contributed by atoms with Gasteiger partial charge in [0.1, 0.15) is 35.6 Å². The summed E-state index contributed by atoms with van der Waals surface area (Å²) in [7, 11) is 0. The summed E-state index contributed by atoms with van der Waals surface area (Å²) in [6.07, 6.45) is 0. The Kier molecular flexibility index (Phi) is 5.41. The van der Waals surface area contributed by atoms with Crippen LogP contribution >= 0.6 is 0 Å². The van der Waals surface area contributed by atoms with Crippen LogP contribution in [0, 0.1) is 23.0 Å². The SMILES string of the molecule is CC1=C(C(=O)OCc2ccccc2)[C@@H](c2ccc(F)cc2F)C(C#N)=C(N)O1. The van der Waals surface area contributed by atoms with Gasteiger partial charge in [-0.2, -0.15) is 5.26 Å². The third-order valence-electron chi connectivity index (χ3n) is 4.31. The Morgan fingerprint density at radius 2 is 1.96 bits per heavy atom. The van der Waals surface area contributed by atoms with Gasteiger partial charge in [0, 0.05) is 11.6 Å². The second-order valence-electron chi connectivity index (χ2n) is 6.12. The first-order chi connectivity index (χ1) is 13.4. The lowest BCUT2D eigenvalue weighted by Crippen LogP contribution is -2.26. The van der Waals surface area contributed by atoms with Crippen LogP contribution < -0.4 is 5.73 Å². The Bertz CT molecular complexity index is 1020. The molecule has 0 unspecified atom stereocenters. The molecular weight excluding hydrogens is 366 g/mol. The van der Waals surface area contributed by atoms with E-state index < -0.39 is 23.5 Å². The number of benzene rings is 2. The topological polar surface area (TPSA) is 85.3 Å². The molecule has 1 heterocycles. The molecule has 0 aromatic heterocycles. The molecule has 142 valence electrons. The molecule has 7 heteroatoms. The van der Waals surface area contributed by atoms with Crippen molar-refractivity contribution in [2.45, 2.75) is 19.4 Å². The number of nitriles is 1. The minimum atomic E-state index is -1.16. The van der Waals surface area contributed by atoms with Crippen LogP contribution in [0.1, 0.15) is 24.0 Å². The van der Waals surface area contributed by atoms with E-state index in [0.29, 0.717) is 6.07 Å². The van der Waals surface area contributed by atoms with Gasteiger partial charge >= 0.3 is 5.97 Å². The van der Waals surface area contributed by atoms with Crippen molar-refractivity contribution in [3.63, 3.8) is 0 Å². The Morgan fingerprint density at radius 1 is 1.25 bits per heavy atom. The fraction of sp³-hybridized carbons (Fsp3) is 0.143. The first-order valence-electron chi connectivity index (χ1n) is 8.36. The van der Waals surface area contributed by atoms with E-state index in [4.69, 9.17) is 15.2 Å². The number of nitrogens with zero attached hydrogens (tertiary/aromatic N) is 1. The zero-order valence-electron chi connectivity index (χ0n) is 14.9. The average molecular weight is 382 g/mol. The van der Waals surface area contributed by atoms with E-state index in [9.17, 15) is 18.8 Å². The average Bonchev–Trinajstić information content (AvgIpc) is 2.66. The van der Waals surface area contributed by atoms with Crippen molar-refractivity contribution in [2.75, 3.05) is 0 Å². The van der Waals surface area contributed by atoms with Crippen LogP contribution in [0.3, 0.4) is 0 Å². The normalized spacial score (nSPS) is 16.4. The number of carbonyl (C=O) groups excluding carboxylic acids is 1. The molecule has 0 radical (unpaired) electrons. The summed E-state index contributed by atoms with van der Waals surface area (Å²) in [5.74, 6) is -3.79. The number of halogens is 2. The van der Waals surface area contributed by atoms with Crippen molar-refractivity contribution in [1.82, 2.24) is 0 Å². The van der Waals surface area contributed by atoms with Crippen molar-refractivity contribution in [3.8, 4) is 6.07 Å². The van der Waals surface area contributed by atoms with Gasteiger partial charge < -0.3 is 15.2 Å². The van der Waals surface area contributed by atoms with Gasteiger partial charge in [0.05, 0.1) is 11.5 Å². The predicted molar refractivity (Wildman–Crippen MR) is 95.9 cm³/mol. The van der Waals surface area contributed by atoms with Crippen LogP contribution in [0.5, 0.6) is 0 Å². The van der Waals surface area contributed by atoms with E-state index in [1.54, 1.807) is 24.3 Å². The summed E-state index contributed by atoms with van der Waals surface area (Å²) in [5.41, 5.74) is 6.24. The largest absolute Gasteiger partial charge is 0.457 e. The first kappa shape index (κ1) is 19.1. The highest BCUT2D eigenvalue weighted by Gasteiger charge is 2.37. The highest BCUT2D eigenvalue weighted by molar-refractivity contribution is 5.92. The number of hydrogen-bond acceptors (Lipinski definition) is 5. The molecule has 2 aromatic rings. The van der Waals surface area contributed by atoms with Gasteiger partial charge in [0.15, 0.2) is 0 Å². The highest BCUT2D eigenvalue weighted by atomic mass is 19.1. The number of carbonyl (C=O) groups is 1. The number of ether oxygens (including phenoxy) is 2. The lowest BCUT2D eigenvalue weighted by atomic mass is 9.83. The minimum Gasteiger partial charge on any atom is -0.457 e. The zero-order valence-corrected chi connectivity index (χ0v) is 14.9. The number of hydrogen-bond donors (Lipinski definition) is 1. The maximum atomic E-state index is 14.5. The van der Waals surface area contributed by atoms with Crippen LogP contribution in [0.15, 0.2) is 71.3 Å². The van der Waals surface area contributed by atoms with Crippen LogP contribution in [-0.4, -0.2) is 5.97 Å². The highest BCUT2D eigenvalue weighted by Crippen LogP contribution is 2.40. The van der Waals surface area contributed by atoms with Crippen molar-refractivity contribution in [3.05, 3.63) is 94.1 Å². The van der Waals surface area contributed by atoms with Crippen LogP contribution in [0.4, 0.5) is 8.78 Å². The van der Waals surface area contributed by atoms with Crippen LogP contribution in [-0.2, 0) is 20.9 Å². The van der Waals surface area contributed by atoms with Crippen LogP contribution in [0.25, 0.3) is 0 Å². The number of allylic oxidation sites excluding steroid dienone is 2. The Balaban J connectivity index is 2.00. The van der Waals surface area contributed by atoms with E-state index in [0.717, 1.165) is 11.6 Å². The molecule has 0 aliphatic carbocycles. The monoisotopic (exact) mass is 382 g/mol. The fourth-order valence-electron chi connectivity index (χ4n) is 2.99. The molecule has 0 saturated carbocycles. The van der Waals surface area contributed by atoms with Gasteiger partial charge in [0.2, 0.25) is 5.88 Å². The smallest absolute Gasteiger partial charge is 0.338 e. The summed E-state index contributed by atoms with van der Waals surface area (Å²) in [5, 5.41) is 9.49. The maximum absolute atomic E-state index is 14.5. The van der Waals surface area contributed by atoms with Crippen molar-refractivity contribution < 1.29 is 23.0 Å². The molecule has 0 spiro atoms. The molecule has 0 amide bonds. The maximum Gasteiger partial charge on any atom is 0.338 e. The Hall–Kier alpha value is -3.66. The van der Waals surface area contributed by atoms with Gasteiger partial charge in [-0.15, -0.1) is 0 Å². The molecule has 0 saturated heterocycles. The summed E-state index contributed by atoms with van der Waals surface area (Å²) >= 11 is 0. The third-order valence-corrected chi connectivity index (χ3v) is 4.31. The molecule has 2 N–H and O–H groups in total. The molecule has 1 aliphatic heterocycles. The first-order valence-corrected chi connectivity index (χ1v) is 8.36. The molecule has 0 bridgehead atoms. The van der Waals surface area contributed by atoms with Gasteiger partial charge in [0.25, 0.3) is 0 Å². The molecule has 28 heavy (non-hydrogen) atoms. The van der Waals surface area contributed by atoms with Gasteiger partial charge in [-0.05, 0) is 18.6 Å². The van der Waals surface area contributed by atoms with E-state index >= 15 is 0 Å². The predicted octanol–water partition coefficient (Wildman–Crippen LogP) is 3.79. The lowest BCUT2D eigenvalue weighted by Gasteiger charge is -2.27. The second kappa shape index (κ2) is 7.92. The fourth-order valence-corrected chi connectivity index (χ4v) is 2.99. The molecular formula is C21H16F2N2O3. The zero-order chi connectivity index (χ0) is 20.3. The number of esters is 1. The third kappa shape index (κ3) is 3.71. The Labute approximate surface area is 160 Å². The molecule has 5 nitrogen and oxygen atoms in total. The van der Waals surface area contributed by atoms with E-state index in [2.05, 4.69) is 0 Å². The number of rotatable bonds is 4. The van der Waals surface area contributed by atoms with Crippen molar-refractivity contribution >= 4 is 5.97 Å². The summed E-state index contributed by atoms with van der Waals surface area (Å²) in [6, 6.07) is 13.7. The lowest BCUT2D eigenvalue weighted by molar-refractivity contribution is -0.140. The standard InChI is InChI=1S/C21H16F2N2O3/c1-12-18(21(26)27-11-13-5-3-2-4-6-13)19(16(10-24)20(25)28-12)15-8-7-14(22)9-17(15)23/h2-9,19H,11,25H2,1H3/t19-/m0/s1. The summed E-state index contributed by atoms with van der Waals surface area (Å²) < 4.78 is 38.4. The number of nitrogens with two attached hydrogens (primary N) is 1. The van der Waals surface area contributed by atoms with E-state index in [1.165, 1.54) is 13.0 Å². The molecule has 3 rings (SSSR count). The molecule has 2 aromatic carbocycles. The van der Waals surface area contributed by atoms with Gasteiger partial charge in [-0.1, -0.05) is 36.4 Å². The van der Waals surface area contributed by atoms with Gasteiger partial charge in [-0.3, -0.25) is 0 Å². The van der Waals surface area contributed by atoms with Crippen LogP contribution in [0.2, 0.25) is 0 Å². The Morgan fingerprint density at radius 3 is 2.61 bits per heavy atom. The van der Waals surface area contributed by atoms with E-state index in [1.807, 2.05) is 12.1 Å². The molecule has 0 fully saturated rings.